The van der Waals surface area contributed by atoms with Gasteiger partial charge in [0.1, 0.15) is 5.60 Å². The first-order valence-electron chi connectivity index (χ1n) is 5.90. The normalized spacial score (nSPS) is 12.7. The highest BCUT2D eigenvalue weighted by Crippen LogP contribution is 2.07. The molecule has 0 saturated carbocycles. The van der Waals surface area contributed by atoms with Gasteiger partial charge in [-0.3, -0.25) is 4.99 Å². The van der Waals surface area contributed by atoms with Crippen LogP contribution in [0.1, 0.15) is 33.6 Å². The van der Waals surface area contributed by atoms with Crippen molar-refractivity contribution in [2.75, 3.05) is 13.2 Å². The molecule has 0 radical (unpaired) electrons. The molecule has 7 heteroatoms. The van der Waals surface area contributed by atoms with Gasteiger partial charge in [0.05, 0.1) is 12.6 Å². The monoisotopic (exact) mass is 260 g/mol. The van der Waals surface area contributed by atoms with Crippen molar-refractivity contribution in [3.8, 4) is 0 Å². The molecule has 0 aromatic rings. The van der Waals surface area contributed by atoms with Gasteiger partial charge in [0.25, 0.3) is 0 Å². The summed E-state index contributed by atoms with van der Waals surface area (Å²) in [6.45, 7) is 5.65. The van der Waals surface area contributed by atoms with Gasteiger partial charge in [0.2, 0.25) is 0 Å². The fraction of sp³-hybridized carbons (Fsp3) is 0.818. The quantitative estimate of drug-likeness (QED) is 0.302. The molecule has 1 amide bonds. The SMILES string of the molecule is CC(C)(C)OC(=O)N[C@H](CO)CCCN=C(N)N. The third-order valence-corrected chi connectivity index (χ3v) is 1.95. The molecule has 0 aromatic carbocycles. The number of nitrogens with two attached hydrogens (primary N) is 2. The van der Waals surface area contributed by atoms with E-state index in [0.717, 1.165) is 0 Å². The number of nitrogens with one attached hydrogen (secondary N) is 1. The Balaban J connectivity index is 3.96. The second-order valence-corrected chi connectivity index (χ2v) is 4.97. The summed E-state index contributed by atoms with van der Waals surface area (Å²) in [6.07, 6.45) is 0.703. The van der Waals surface area contributed by atoms with Crippen LogP contribution in [0, 0.1) is 0 Å². The molecule has 0 spiro atoms. The topological polar surface area (TPSA) is 123 Å². The molecule has 0 aromatic heterocycles. The number of aliphatic hydroxyl groups is 1. The number of ether oxygens (including phenoxy) is 1. The molecule has 0 fully saturated rings. The van der Waals surface area contributed by atoms with Gasteiger partial charge in [-0.2, -0.15) is 0 Å². The number of amides is 1. The molecular weight excluding hydrogens is 236 g/mol. The number of aliphatic hydroxyl groups excluding tert-OH is 1. The van der Waals surface area contributed by atoms with Crippen LogP contribution in [0.3, 0.4) is 0 Å². The number of carbonyl (C=O) groups is 1. The predicted molar refractivity (Wildman–Crippen MR) is 70.2 cm³/mol. The largest absolute Gasteiger partial charge is 0.444 e. The minimum atomic E-state index is -0.553. The highest BCUT2D eigenvalue weighted by molar-refractivity contribution is 5.75. The van der Waals surface area contributed by atoms with Gasteiger partial charge < -0.3 is 26.6 Å². The third-order valence-electron chi connectivity index (χ3n) is 1.95. The van der Waals surface area contributed by atoms with Gasteiger partial charge in [0, 0.05) is 6.54 Å². The molecule has 0 saturated heterocycles. The standard InChI is InChI=1S/C11H24N4O3/c1-11(2,3)18-10(17)15-8(7-16)5-4-6-14-9(12)13/h8,16H,4-7H2,1-3H3,(H,15,17)(H4,12,13,14)/t8-/m0/s1. The summed E-state index contributed by atoms with van der Waals surface area (Å²) in [5.74, 6) is 0.0376. The van der Waals surface area contributed by atoms with Crippen molar-refractivity contribution in [3.63, 3.8) is 0 Å². The lowest BCUT2D eigenvalue weighted by Crippen LogP contribution is -2.41. The zero-order valence-electron chi connectivity index (χ0n) is 11.3. The molecular formula is C11H24N4O3. The first-order valence-corrected chi connectivity index (χ1v) is 5.90. The van der Waals surface area contributed by atoms with E-state index in [1.807, 2.05) is 0 Å². The fourth-order valence-corrected chi connectivity index (χ4v) is 1.23. The van der Waals surface area contributed by atoms with Crippen LogP contribution in [-0.2, 0) is 4.74 Å². The van der Waals surface area contributed by atoms with Crippen molar-refractivity contribution in [1.29, 1.82) is 0 Å². The number of carbonyl (C=O) groups excluding carboxylic acids is 1. The van der Waals surface area contributed by atoms with E-state index in [1.165, 1.54) is 0 Å². The van der Waals surface area contributed by atoms with E-state index < -0.39 is 11.7 Å². The maximum Gasteiger partial charge on any atom is 0.407 e. The molecule has 0 heterocycles. The molecule has 0 aliphatic heterocycles. The van der Waals surface area contributed by atoms with Gasteiger partial charge in [-0.15, -0.1) is 0 Å². The lowest BCUT2D eigenvalue weighted by Gasteiger charge is -2.22. The van der Waals surface area contributed by atoms with Crippen molar-refractivity contribution < 1.29 is 14.6 Å². The molecule has 106 valence electrons. The average Bonchev–Trinajstić information content (AvgIpc) is 2.19. The summed E-state index contributed by atoms with van der Waals surface area (Å²) in [5.41, 5.74) is 9.81. The van der Waals surface area contributed by atoms with Crippen LogP contribution < -0.4 is 16.8 Å². The summed E-state index contributed by atoms with van der Waals surface area (Å²) in [6, 6.07) is -0.353. The third kappa shape index (κ3) is 9.71. The smallest absolute Gasteiger partial charge is 0.407 e. The van der Waals surface area contributed by atoms with Crippen molar-refractivity contribution in [2.24, 2.45) is 16.5 Å². The van der Waals surface area contributed by atoms with Crippen molar-refractivity contribution >= 4 is 12.1 Å². The minimum absolute atomic E-state index is 0.0376. The Kier molecular flexibility index (Phi) is 7.11. The number of rotatable bonds is 6. The highest BCUT2D eigenvalue weighted by atomic mass is 16.6. The van der Waals surface area contributed by atoms with Crippen LogP contribution in [-0.4, -0.2) is 42.0 Å². The first-order chi connectivity index (χ1) is 8.24. The number of hydrogen-bond acceptors (Lipinski definition) is 4. The Morgan fingerprint density at radius 3 is 2.50 bits per heavy atom. The zero-order valence-corrected chi connectivity index (χ0v) is 11.3. The molecule has 18 heavy (non-hydrogen) atoms. The molecule has 0 bridgehead atoms. The molecule has 7 nitrogen and oxygen atoms in total. The Morgan fingerprint density at radius 1 is 1.44 bits per heavy atom. The van der Waals surface area contributed by atoms with Gasteiger partial charge >= 0.3 is 6.09 Å². The van der Waals surface area contributed by atoms with E-state index >= 15 is 0 Å². The molecule has 0 aliphatic carbocycles. The Morgan fingerprint density at radius 2 is 2.06 bits per heavy atom. The Bertz CT molecular complexity index is 283. The minimum Gasteiger partial charge on any atom is -0.444 e. The maximum atomic E-state index is 11.5. The van der Waals surface area contributed by atoms with E-state index in [2.05, 4.69) is 10.3 Å². The molecule has 0 unspecified atom stereocenters. The Hall–Kier alpha value is -1.50. The van der Waals surface area contributed by atoms with Crippen LogP contribution >= 0.6 is 0 Å². The van der Waals surface area contributed by atoms with E-state index in [-0.39, 0.29) is 18.6 Å². The van der Waals surface area contributed by atoms with Gasteiger partial charge in [-0.1, -0.05) is 0 Å². The second kappa shape index (κ2) is 7.75. The zero-order chi connectivity index (χ0) is 14.2. The van der Waals surface area contributed by atoms with Gasteiger partial charge in [-0.05, 0) is 33.6 Å². The molecule has 0 rings (SSSR count). The van der Waals surface area contributed by atoms with Crippen LogP contribution in [0.4, 0.5) is 4.79 Å². The van der Waals surface area contributed by atoms with Crippen LogP contribution in [0.2, 0.25) is 0 Å². The summed E-state index contributed by atoms with van der Waals surface area (Å²) >= 11 is 0. The van der Waals surface area contributed by atoms with Crippen LogP contribution in [0.25, 0.3) is 0 Å². The molecule has 1 atom stereocenters. The average molecular weight is 260 g/mol. The fourth-order valence-electron chi connectivity index (χ4n) is 1.23. The van der Waals surface area contributed by atoms with E-state index in [9.17, 15) is 4.79 Å². The number of nitrogens with zero attached hydrogens (tertiary/aromatic N) is 1. The van der Waals surface area contributed by atoms with Crippen LogP contribution in [0.15, 0.2) is 4.99 Å². The summed E-state index contributed by atoms with van der Waals surface area (Å²) in [4.78, 5) is 15.3. The van der Waals surface area contributed by atoms with Crippen molar-refractivity contribution in [1.82, 2.24) is 5.32 Å². The number of alkyl carbamates (subject to hydrolysis) is 1. The van der Waals surface area contributed by atoms with Crippen molar-refractivity contribution in [2.45, 2.75) is 45.3 Å². The molecule has 6 N–H and O–H groups in total. The summed E-state index contributed by atoms with van der Waals surface area (Å²) in [5, 5.41) is 11.7. The Labute approximate surface area is 108 Å². The lowest BCUT2D eigenvalue weighted by molar-refractivity contribution is 0.0478. The number of hydrogen-bond donors (Lipinski definition) is 4. The highest BCUT2D eigenvalue weighted by Gasteiger charge is 2.18. The van der Waals surface area contributed by atoms with E-state index in [0.29, 0.717) is 19.4 Å². The number of guanidine groups is 1. The summed E-state index contributed by atoms with van der Waals surface area (Å²) in [7, 11) is 0. The maximum absolute atomic E-state index is 11.5. The second-order valence-electron chi connectivity index (χ2n) is 4.97. The van der Waals surface area contributed by atoms with Crippen molar-refractivity contribution in [3.05, 3.63) is 0 Å². The van der Waals surface area contributed by atoms with E-state index in [4.69, 9.17) is 21.3 Å². The van der Waals surface area contributed by atoms with E-state index in [1.54, 1.807) is 20.8 Å². The van der Waals surface area contributed by atoms with Gasteiger partial charge in [0.15, 0.2) is 5.96 Å². The number of aliphatic imine (C=N–C) groups is 1. The molecule has 0 aliphatic rings. The van der Waals surface area contributed by atoms with Gasteiger partial charge in [-0.25, -0.2) is 4.79 Å². The lowest BCUT2D eigenvalue weighted by atomic mass is 10.1. The first kappa shape index (κ1) is 16.5. The predicted octanol–water partition coefficient (Wildman–Crippen LogP) is -0.0744. The van der Waals surface area contributed by atoms with Crippen LogP contribution in [0.5, 0.6) is 0 Å². The summed E-state index contributed by atoms with van der Waals surface area (Å²) < 4.78 is 5.09.